The number of rotatable bonds is 1. The van der Waals surface area contributed by atoms with Crippen molar-refractivity contribution < 1.29 is 29.9 Å². The van der Waals surface area contributed by atoms with Gasteiger partial charge in [-0.2, -0.15) is 0 Å². The average molecular weight is 366 g/mol. The molecule has 2 unspecified atom stereocenters. The number of phenolic OH excluding ortho intramolecular Hbond substituents is 1. The Bertz CT molecular complexity index is 717. The summed E-state index contributed by atoms with van der Waals surface area (Å²) in [7, 11) is 0. The third-order valence-corrected chi connectivity index (χ3v) is 6.57. The topological polar surface area (TPSA) is 99.4 Å². The first-order valence-electron chi connectivity index (χ1n) is 9.21. The quantitative estimate of drug-likeness (QED) is 0.601. The standard InChI is InChI=1S/C20H30O6/c1-8-7-13-11(4)14(21)9(2)10(3)18(13)26-20(8,6)19-17(24)16(23)15(22)12(5)25-19/h8,12,15-17,19,21-24H,7H2,1-6H3/t8?,12-,15-,16+,17+,19+,20?/m0/s1. The molecule has 2 heterocycles. The zero-order valence-electron chi connectivity index (χ0n) is 16.3. The molecule has 0 aliphatic carbocycles. The molecule has 2 aliphatic heterocycles. The number of fused-ring (bicyclic) bond motifs is 1. The van der Waals surface area contributed by atoms with Crippen LogP contribution >= 0.6 is 0 Å². The number of benzene rings is 1. The molecule has 6 heteroatoms. The number of hydrogen-bond donors (Lipinski definition) is 4. The Balaban J connectivity index is 2.05. The Morgan fingerprint density at radius 1 is 0.923 bits per heavy atom. The highest BCUT2D eigenvalue weighted by molar-refractivity contribution is 5.58. The second-order valence-electron chi connectivity index (χ2n) is 8.16. The van der Waals surface area contributed by atoms with Crippen molar-refractivity contribution >= 4 is 0 Å². The van der Waals surface area contributed by atoms with Gasteiger partial charge in [-0.1, -0.05) is 6.92 Å². The van der Waals surface area contributed by atoms with E-state index < -0.39 is 36.1 Å². The number of aliphatic hydroxyl groups is 3. The monoisotopic (exact) mass is 366 g/mol. The molecule has 0 spiro atoms. The lowest BCUT2D eigenvalue weighted by Crippen LogP contribution is -2.67. The van der Waals surface area contributed by atoms with Gasteiger partial charge < -0.3 is 29.9 Å². The molecule has 1 aromatic rings. The molecule has 0 saturated carbocycles. The summed E-state index contributed by atoms with van der Waals surface area (Å²) in [6.45, 7) is 11.2. The van der Waals surface area contributed by atoms with E-state index in [9.17, 15) is 20.4 Å². The van der Waals surface area contributed by atoms with Gasteiger partial charge in [-0.3, -0.25) is 0 Å². The molecular formula is C20H30O6. The second-order valence-corrected chi connectivity index (χ2v) is 8.16. The summed E-state index contributed by atoms with van der Waals surface area (Å²) in [5, 5.41) is 41.2. The Kier molecular flexibility index (Phi) is 4.76. The number of aliphatic hydroxyl groups excluding tert-OH is 3. The van der Waals surface area contributed by atoms with Crippen molar-refractivity contribution in [3.63, 3.8) is 0 Å². The summed E-state index contributed by atoms with van der Waals surface area (Å²) >= 11 is 0. The van der Waals surface area contributed by atoms with E-state index in [1.54, 1.807) is 6.92 Å². The van der Waals surface area contributed by atoms with Crippen LogP contribution in [-0.4, -0.2) is 56.5 Å². The zero-order chi connectivity index (χ0) is 19.5. The second kappa shape index (κ2) is 6.37. The predicted octanol–water partition coefficient (Wildman–Crippen LogP) is 1.52. The average Bonchev–Trinajstić information content (AvgIpc) is 2.61. The molecule has 7 atom stereocenters. The van der Waals surface area contributed by atoms with Crippen LogP contribution in [0, 0.1) is 26.7 Å². The molecule has 6 nitrogen and oxygen atoms in total. The van der Waals surface area contributed by atoms with Gasteiger partial charge in [0.1, 0.15) is 41.5 Å². The van der Waals surface area contributed by atoms with Crippen LogP contribution in [0.4, 0.5) is 0 Å². The minimum atomic E-state index is -1.29. The van der Waals surface area contributed by atoms with E-state index in [0.717, 1.165) is 22.3 Å². The van der Waals surface area contributed by atoms with Crippen LogP contribution < -0.4 is 4.74 Å². The van der Waals surface area contributed by atoms with Crippen LogP contribution in [0.1, 0.15) is 43.0 Å². The van der Waals surface area contributed by atoms with Crippen molar-refractivity contribution in [3.8, 4) is 11.5 Å². The van der Waals surface area contributed by atoms with Gasteiger partial charge in [-0.05, 0) is 57.7 Å². The van der Waals surface area contributed by atoms with E-state index in [1.807, 2.05) is 34.6 Å². The van der Waals surface area contributed by atoms with Crippen LogP contribution in [0.5, 0.6) is 11.5 Å². The third-order valence-electron chi connectivity index (χ3n) is 6.57. The molecule has 2 aliphatic rings. The smallest absolute Gasteiger partial charge is 0.138 e. The highest BCUT2D eigenvalue weighted by Crippen LogP contribution is 2.48. The van der Waals surface area contributed by atoms with Gasteiger partial charge >= 0.3 is 0 Å². The van der Waals surface area contributed by atoms with Gasteiger partial charge in [-0.15, -0.1) is 0 Å². The summed E-state index contributed by atoms with van der Waals surface area (Å²) < 4.78 is 12.3. The zero-order valence-corrected chi connectivity index (χ0v) is 16.3. The minimum absolute atomic E-state index is 0.0375. The molecule has 0 bridgehead atoms. The van der Waals surface area contributed by atoms with Crippen LogP contribution in [0.2, 0.25) is 0 Å². The van der Waals surface area contributed by atoms with Gasteiger partial charge in [0.15, 0.2) is 0 Å². The summed E-state index contributed by atoms with van der Waals surface area (Å²) in [6.07, 6.45) is -4.42. The molecule has 26 heavy (non-hydrogen) atoms. The summed E-state index contributed by atoms with van der Waals surface area (Å²) in [6, 6.07) is 0. The van der Waals surface area contributed by atoms with Crippen LogP contribution in [0.15, 0.2) is 0 Å². The Morgan fingerprint density at radius 2 is 1.54 bits per heavy atom. The molecule has 1 aromatic carbocycles. The van der Waals surface area contributed by atoms with Crippen LogP contribution in [0.25, 0.3) is 0 Å². The maximum atomic E-state index is 10.6. The third kappa shape index (κ3) is 2.62. The lowest BCUT2D eigenvalue weighted by molar-refractivity contribution is -0.262. The Morgan fingerprint density at radius 3 is 2.15 bits per heavy atom. The van der Waals surface area contributed by atoms with Gasteiger partial charge in [0.2, 0.25) is 0 Å². The van der Waals surface area contributed by atoms with E-state index in [4.69, 9.17) is 9.47 Å². The minimum Gasteiger partial charge on any atom is -0.507 e. The van der Waals surface area contributed by atoms with Crippen LogP contribution in [0.3, 0.4) is 0 Å². The van der Waals surface area contributed by atoms with Gasteiger partial charge in [0.05, 0.1) is 6.10 Å². The fourth-order valence-electron chi connectivity index (χ4n) is 4.25. The Labute approximate surface area is 154 Å². The predicted molar refractivity (Wildman–Crippen MR) is 96.6 cm³/mol. The van der Waals surface area contributed by atoms with Crippen molar-refractivity contribution in [1.82, 2.24) is 0 Å². The van der Waals surface area contributed by atoms with Gasteiger partial charge in [0.25, 0.3) is 0 Å². The molecule has 1 saturated heterocycles. The first-order valence-corrected chi connectivity index (χ1v) is 9.21. The van der Waals surface area contributed by atoms with E-state index in [2.05, 4.69) is 0 Å². The summed E-state index contributed by atoms with van der Waals surface area (Å²) in [5.74, 6) is 0.966. The lowest BCUT2D eigenvalue weighted by Gasteiger charge is -2.51. The highest BCUT2D eigenvalue weighted by atomic mass is 16.6. The Hall–Kier alpha value is -1.34. The normalized spacial score (nSPS) is 40.0. The first kappa shape index (κ1) is 19.4. The largest absolute Gasteiger partial charge is 0.507 e. The van der Waals surface area contributed by atoms with Crippen LogP contribution in [-0.2, 0) is 11.2 Å². The van der Waals surface area contributed by atoms with Crippen molar-refractivity contribution in [1.29, 1.82) is 0 Å². The van der Waals surface area contributed by atoms with Crippen molar-refractivity contribution in [3.05, 3.63) is 22.3 Å². The number of phenols is 1. The molecule has 1 fully saturated rings. The molecule has 146 valence electrons. The molecule has 3 rings (SSSR count). The molecule has 0 amide bonds. The number of ether oxygens (including phenoxy) is 2. The SMILES string of the molecule is Cc1c(C)c2c(c(C)c1O)CC(C)C(C)([C@@H]1O[C@@H](C)[C@H](O)[C@@H](O)[C@H]1O)O2. The van der Waals surface area contributed by atoms with Gasteiger partial charge in [0, 0.05) is 11.5 Å². The van der Waals surface area contributed by atoms with E-state index >= 15 is 0 Å². The van der Waals surface area contributed by atoms with Crippen molar-refractivity contribution in [2.45, 2.75) is 84.1 Å². The fraction of sp³-hybridized carbons (Fsp3) is 0.700. The van der Waals surface area contributed by atoms with Gasteiger partial charge in [-0.25, -0.2) is 0 Å². The molecule has 0 aromatic heterocycles. The number of aromatic hydroxyl groups is 1. The van der Waals surface area contributed by atoms with E-state index in [1.165, 1.54) is 0 Å². The van der Waals surface area contributed by atoms with E-state index in [0.29, 0.717) is 17.9 Å². The molecule has 0 radical (unpaired) electrons. The summed E-state index contributed by atoms with van der Waals surface area (Å²) in [5.41, 5.74) is 2.52. The molecular weight excluding hydrogens is 336 g/mol. The first-order chi connectivity index (χ1) is 12.0. The maximum Gasteiger partial charge on any atom is 0.138 e. The highest BCUT2D eigenvalue weighted by Gasteiger charge is 2.55. The fourth-order valence-corrected chi connectivity index (χ4v) is 4.25. The lowest BCUT2D eigenvalue weighted by atomic mass is 9.73. The number of hydrogen-bond acceptors (Lipinski definition) is 6. The maximum absolute atomic E-state index is 10.6. The van der Waals surface area contributed by atoms with E-state index in [-0.39, 0.29) is 5.92 Å². The molecule has 4 N–H and O–H groups in total. The van der Waals surface area contributed by atoms with Crippen molar-refractivity contribution in [2.24, 2.45) is 5.92 Å². The summed E-state index contributed by atoms with van der Waals surface area (Å²) in [4.78, 5) is 0. The van der Waals surface area contributed by atoms with Crippen molar-refractivity contribution in [2.75, 3.05) is 0 Å².